The quantitative estimate of drug-likeness (QED) is 0.641. The van der Waals surface area contributed by atoms with Gasteiger partial charge in [0, 0.05) is 5.02 Å². The highest BCUT2D eigenvalue weighted by molar-refractivity contribution is 6.30. The maximum atomic E-state index is 5.86. The summed E-state index contributed by atoms with van der Waals surface area (Å²) < 4.78 is 0. The zero-order chi connectivity index (χ0) is 10.9. The van der Waals surface area contributed by atoms with E-state index in [9.17, 15) is 0 Å². The van der Waals surface area contributed by atoms with Crippen molar-refractivity contribution in [3.05, 3.63) is 53.1 Å². The van der Waals surface area contributed by atoms with Crippen LogP contribution in [0.1, 0.15) is 25.8 Å². The lowest BCUT2D eigenvalue weighted by molar-refractivity contribution is 0.485. The van der Waals surface area contributed by atoms with Crippen molar-refractivity contribution in [2.45, 2.75) is 20.3 Å². The normalized spacial score (nSPS) is 18.7. The minimum Gasteiger partial charge on any atom is -0.0843 e. The maximum absolute atomic E-state index is 5.86. The third-order valence-corrected chi connectivity index (χ3v) is 2.99. The number of hydrogen-bond donors (Lipinski definition) is 0. The first-order valence-corrected chi connectivity index (χ1v) is 5.60. The first-order chi connectivity index (χ1) is 7.07. The second-order valence-corrected chi connectivity index (χ2v) is 5.13. The summed E-state index contributed by atoms with van der Waals surface area (Å²) in [5.74, 6) is 0. The molecule has 2 rings (SSSR count). The third-order valence-electron chi connectivity index (χ3n) is 2.74. The van der Waals surface area contributed by atoms with Crippen LogP contribution < -0.4 is 0 Å². The molecule has 0 amide bonds. The zero-order valence-electron chi connectivity index (χ0n) is 9.13. The molecule has 0 atom stereocenters. The van der Waals surface area contributed by atoms with Crippen LogP contribution in [0.4, 0.5) is 0 Å². The minimum absolute atomic E-state index is 0.302. The maximum Gasteiger partial charge on any atom is 0.0406 e. The van der Waals surface area contributed by atoms with E-state index in [0.717, 1.165) is 11.4 Å². The molecule has 0 fully saturated rings. The Bertz CT molecular complexity index is 407. The van der Waals surface area contributed by atoms with Crippen LogP contribution in [-0.2, 0) is 0 Å². The van der Waals surface area contributed by atoms with E-state index in [4.69, 9.17) is 11.6 Å². The van der Waals surface area contributed by atoms with Crippen LogP contribution in [0.5, 0.6) is 0 Å². The SMILES string of the molecule is CC1(C)C=CC(c2ccc(Cl)cc2)=CC1. The van der Waals surface area contributed by atoms with Gasteiger partial charge < -0.3 is 0 Å². The second-order valence-electron chi connectivity index (χ2n) is 4.69. The van der Waals surface area contributed by atoms with Gasteiger partial charge in [0.15, 0.2) is 0 Å². The molecule has 0 aromatic heterocycles. The Hall–Kier alpha value is -1.01. The number of rotatable bonds is 1. The van der Waals surface area contributed by atoms with E-state index in [-0.39, 0.29) is 0 Å². The molecule has 15 heavy (non-hydrogen) atoms. The molecule has 1 aliphatic carbocycles. The van der Waals surface area contributed by atoms with Gasteiger partial charge in [-0.25, -0.2) is 0 Å². The minimum atomic E-state index is 0.302. The Morgan fingerprint density at radius 1 is 1.13 bits per heavy atom. The van der Waals surface area contributed by atoms with Crippen LogP contribution in [-0.4, -0.2) is 0 Å². The molecule has 0 heterocycles. The Labute approximate surface area is 96.3 Å². The molecule has 0 aliphatic heterocycles. The van der Waals surface area contributed by atoms with E-state index in [0.29, 0.717) is 5.41 Å². The highest BCUT2D eigenvalue weighted by Crippen LogP contribution is 2.32. The summed E-state index contributed by atoms with van der Waals surface area (Å²) in [5.41, 5.74) is 2.84. The van der Waals surface area contributed by atoms with Crippen molar-refractivity contribution in [3.63, 3.8) is 0 Å². The molecule has 1 aromatic carbocycles. The van der Waals surface area contributed by atoms with E-state index >= 15 is 0 Å². The lowest BCUT2D eigenvalue weighted by Crippen LogP contribution is -2.08. The van der Waals surface area contributed by atoms with Gasteiger partial charge in [-0.15, -0.1) is 0 Å². The highest BCUT2D eigenvalue weighted by Gasteiger charge is 2.16. The lowest BCUT2D eigenvalue weighted by atomic mass is 9.83. The van der Waals surface area contributed by atoms with Crippen LogP contribution in [0.15, 0.2) is 42.5 Å². The predicted molar refractivity (Wildman–Crippen MR) is 67.0 cm³/mol. The Balaban J connectivity index is 2.24. The summed E-state index contributed by atoms with van der Waals surface area (Å²) in [6, 6.07) is 8.00. The van der Waals surface area contributed by atoms with Crippen molar-refractivity contribution in [1.82, 2.24) is 0 Å². The molecular formula is C14H15Cl. The summed E-state index contributed by atoms with van der Waals surface area (Å²) in [5, 5.41) is 0.791. The largest absolute Gasteiger partial charge is 0.0843 e. The number of halogens is 1. The summed E-state index contributed by atoms with van der Waals surface area (Å²) in [6.45, 7) is 4.50. The number of benzene rings is 1. The van der Waals surface area contributed by atoms with Crippen LogP contribution in [0, 0.1) is 5.41 Å². The van der Waals surface area contributed by atoms with Gasteiger partial charge >= 0.3 is 0 Å². The molecule has 0 radical (unpaired) electrons. The molecule has 1 aliphatic rings. The van der Waals surface area contributed by atoms with Gasteiger partial charge in [0.25, 0.3) is 0 Å². The number of hydrogen-bond acceptors (Lipinski definition) is 0. The lowest BCUT2D eigenvalue weighted by Gasteiger charge is -2.22. The van der Waals surface area contributed by atoms with E-state index < -0.39 is 0 Å². The van der Waals surface area contributed by atoms with Crippen LogP contribution >= 0.6 is 11.6 Å². The van der Waals surface area contributed by atoms with E-state index in [1.54, 1.807) is 0 Å². The second kappa shape index (κ2) is 3.86. The van der Waals surface area contributed by atoms with Gasteiger partial charge in [0.1, 0.15) is 0 Å². The van der Waals surface area contributed by atoms with Gasteiger partial charge in [0.05, 0.1) is 0 Å². The van der Waals surface area contributed by atoms with Crippen LogP contribution in [0.2, 0.25) is 5.02 Å². The molecule has 0 saturated heterocycles. The average molecular weight is 219 g/mol. The fourth-order valence-corrected chi connectivity index (χ4v) is 1.81. The third kappa shape index (κ3) is 2.51. The van der Waals surface area contributed by atoms with Gasteiger partial charge in [-0.3, -0.25) is 0 Å². The van der Waals surface area contributed by atoms with Crippen molar-refractivity contribution in [2.24, 2.45) is 5.41 Å². The monoisotopic (exact) mass is 218 g/mol. The van der Waals surface area contributed by atoms with Crippen molar-refractivity contribution in [1.29, 1.82) is 0 Å². The zero-order valence-corrected chi connectivity index (χ0v) is 9.88. The van der Waals surface area contributed by atoms with Gasteiger partial charge in [-0.05, 0) is 35.1 Å². The van der Waals surface area contributed by atoms with Crippen molar-refractivity contribution >= 4 is 17.2 Å². The fourth-order valence-electron chi connectivity index (χ4n) is 1.68. The first-order valence-electron chi connectivity index (χ1n) is 5.22. The summed E-state index contributed by atoms with van der Waals surface area (Å²) in [4.78, 5) is 0. The Kier molecular flexibility index (Phi) is 2.70. The molecule has 0 N–H and O–H groups in total. The molecule has 0 unspecified atom stereocenters. The van der Waals surface area contributed by atoms with E-state index in [1.165, 1.54) is 11.1 Å². The molecule has 1 aromatic rings. The first kappa shape index (κ1) is 10.5. The topological polar surface area (TPSA) is 0 Å². The Morgan fingerprint density at radius 3 is 2.33 bits per heavy atom. The molecule has 78 valence electrons. The Morgan fingerprint density at radius 2 is 1.80 bits per heavy atom. The molecule has 0 bridgehead atoms. The van der Waals surface area contributed by atoms with Gasteiger partial charge in [-0.2, -0.15) is 0 Å². The van der Waals surface area contributed by atoms with E-state index in [2.05, 4.69) is 44.2 Å². The number of allylic oxidation sites excluding steroid dienone is 4. The fraction of sp³-hybridized carbons (Fsp3) is 0.286. The smallest absolute Gasteiger partial charge is 0.0406 e. The summed E-state index contributed by atoms with van der Waals surface area (Å²) in [6.07, 6.45) is 7.87. The molecule has 1 heteroatoms. The average Bonchev–Trinajstić information content (AvgIpc) is 2.20. The highest BCUT2D eigenvalue weighted by atomic mass is 35.5. The van der Waals surface area contributed by atoms with Crippen molar-refractivity contribution in [3.8, 4) is 0 Å². The van der Waals surface area contributed by atoms with Crippen LogP contribution in [0.25, 0.3) is 5.57 Å². The van der Waals surface area contributed by atoms with Crippen molar-refractivity contribution in [2.75, 3.05) is 0 Å². The molecule has 0 saturated carbocycles. The van der Waals surface area contributed by atoms with Gasteiger partial charge in [0.2, 0.25) is 0 Å². The predicted octanol–water partition coefficient (Wildman–Crippen LogP) is 4.71. The van der Waals surface area contributed by atoms with Gasteiger partial charge in [-0.1, -0.05) is 55.8 Å². The summed E-state index contributed by atoms with van der Waals surface area (Å²) in [7, 11) is 0. The van der Waals surface area contributed by atoms with E-state index in [1.807, 2.05) is 12.1 Å². The molecule has 0 nitrogen and oxygen atoms in total. The summed E-state index contributed by atoms with van der Waals surface area (Å²) >= 11 is 5.86. The standard InChI is InChI=1S/C14H15Cl/c1-14(2)9-7-12(8-10-14)11-3-5-13(15)6-4-11/h3-9H,10H2,1-2H3. The molecular weight excluding hydrogens is 204 g/mol. The molecule has 0 spiro atoms. The van der Waals surface area contributed by atoms with Crippen LogP contribution in [0.3, 0.4) is 0 Å². The van der Waals surface area contributed by atoms with Crippen molar-refractivity contribution < 1.29 is 0 Å².